The summed E-state index contributed by atoms with van der Waals surface area (Å²) in [5.41, 5.74) is 1.36. The molecular weight excluding hydrogens is 194 g/mol. The fourth-order valence-corrected chi connectivity index (χ4v) is 1.61. The van der Waals surface area contributed by atoms with E-state index in [1.165, 1.54) is 0 Å². The highest BCUT2D eigenvalue weighted by atomic mass is 16.1. The monoisotopic (exact) mass is 201 g/mol. The van der Waals surface area contributed by atoms with Crippen molar-refractivity contribution in [3.05, 3.63) is 34.5 Å². The number of nitrogens with one attached hydrogen (secondary N) is 1. The van der Waals surface area contributed by atoms with Crippen molar-refractivity contribution >= 4 is 16.8 Å². The first-order chi connectivity index (χ1) is 7.27. The highest BCUT2D eigenvalue weighted by Gasteiger charge is 2.09. The maximum atomic E-state index is 11.6. The Kier molecular flexibility index (Phi) is 1.42. The molecule has 3 rings (SSSR count). The first-order valence-electron chi connectivity index (χ1n) is 4.46. The minimum atomic E-state index is -0.254. The number of fused-ring (bicyclic) bond motifs is 3. The molecule has 0 radical (unpaired) electrons. The number of aromatic amines is 1. The minimum Gasteiger partial charge on any atom is -0.316 e. The molecule has 3 aromatic rings. The van der Waals surface area contributed by atoms with E-state index in [1.807, 2.05) is 0 Å². The van der Waals surface area contributed by atoms with Gasteiger partial charge in [-0.05, 0) is 19.1 Å². The second-order valence-corrected chi connectivity index (χ2v) is 3.23. The molecule has 15 heavy (non-hydrogen) atoms. The maximum absolute atomic E-state index is 11.6. The summed E-state index contributed by atoms with van der Waals surface area (Å²) in [6.07, 6.45) is 1.67. The van der Waals surface area contributed by atoms with Crippen LogP contribution in [0.5, 0.6) is 0 Å². The van der Waals surface area contributed by atoms with Crippen LogP contribution in [0, 0.1) is 6.92 Å². The van der Waals surface area contributed by atoms with Crippen molar-refractivity contribution in [3.63, 3.8) is 0 Å². The van der Waals surface area contributed by atoms with Crippen LogP contribution in [0.3, 0.4) is 0 Å². The van der Waals surface area contributed by atoms with E-state index in [0.29, 0.717) is 17.0 Å². The molecule has 0 aromatic carbocycles. The van der Waals surface area contributed by atoms with Gasteiger partial charge in [0.15, 0.2) is 5.65 Å². The zero-order valence-electron chi connectivity index (χ0n) is 7.93. The van der Waals surface area contributed by atoms with Crippen LogP contribution in [0.2, 0.25) is 0 Å². The van der Waals surface area contributed by atoms with Crippen LogP contribution in [-0.2, 0) is 0 Å². The van der Waals surface area contributed by atoms with Crippen molar-refractivity contribution in [1.82, 2.24) is 24.6 Å². The number of H-pyrrole nitrogens is 1. The third kappa shape index (κ3) is 0.983. The predicted octanol–water partition coefficient (Wildman–Crippen LogP) is 0.274. The predicted molar refractivity (Wildman–Crippen MR) is 53.6 cm³/mol. The van der Waals surface area contributed by atoms with Gasteiger partial charge in [-0.3, -0.25) is 9.20 Å². The molecule has 0 amide bonds. The second-order valence-electron chi connectivity index (χ2n) is 3.23. The largest absolute Gasteiger partial charge is 0.316 e. The van der Waals surface area contributed by atoms with Gasteiger partial charge in [-0.2, -0.15) is 0 Å². The van der Waals surface area contributed by atoms with Crippen LogP contribution in [0.15, 0.2) is 23.1 Å². The fourth-order valence-electron chi connectivity index (χ4n) is 1.61. The molecule has 0 bridgehead atoms. The van der Waals surface area contributed by atoms with Crippen molar-refractivity contribution in [2.24, 2.45) is 0 Å². The van der Waals surface area contributed by atoms with E-state index in [1.54, 1.807) is 29.7 Å². The molecule has 0 saturated carbocycles. The standard InChI is InChI=1S/C9H7N5O/c1-5-12-13-8-9(15)11-6-3-2-4-10-7(6)14(5)8/h2-4H,1H3,(H,11,15). The molecule has 1 N–H and O–H groups in total. The summed E-state index contributed by atoms with van der Waals surface area (Å²) in [5, 5.41) is 7.66. The van der Waals surface area contributed by atoms with Crippen molar-refractivity contribution in [3.8, 4) is 0 Å². The van der Waals surface area contributed by atoms with Crippen LogP contribution in [-0.4, -0.2) is 24.6 Å². The lowest BCUT2D eigenvalue weighted by molar-refractivity contribution is 1.01. The smallest absolute Gasteiger partial charge is 0.294 e. The number of nitrogens with zero attached hydrogens (tertiary/aromatic N) is 4. The molecule has 0 spiro atoms. The Bertz CT molecular complexity index is 711. The molecule has 0 atom stereocenters. The van der Waals surface area contributed by atoms with E-state index >= 15 is 0 Å². The number of aromatic nitrogens is 5. The van der Waals surface area contributed by atoms with Crippen LogP contribution in [0.4, 0.5) is 0 Å². The molecule has 0 aliphatic carbocycles. The number of hydrogen-bond donors (Lipinski definition) is 1. The first kappa shape index (κ1) is 8.10. The molecule has 0 aliphatic rings. The summed E-state index contributed by atoms with van der Waals surface area (Å²) in [4.78, 5) is 18.5. The van der Waals surface area contributed by atoms with Crippen molar-refractivity contribution in [2.75, 3.05) is 0 Å². The van der Waals surface area contributed by atoms with Crippen LogP contribution < -0.4 is 5.56 Å². The quantitative estimate of drug-likeness (QED) is 0.566. The Morgan fingerprint density at radius 1 is 1.33 bits per heavy atom. The summed E-state index contributed by atoms with van der Waals surface area (Å²) < 4.78 is 1.65. The maximum Gasteiger partial charge on any atom is 0.294 e. The molecule has 0 fully saturated rings. The van der Waals surface area contributed by atoms with E-state index in [4.69, 9.17) is 0 Å². The van der Waals surface area contributed by atoms with Gasteiger partial charge in [-0.1, -0.05) is 0 Å². The Balaban J connectivity index is 2.74. The summed E-state index contributed by atoms with van der Waals surface area (Å²) in [7, 11) is 0. The fraction of sp³-hybridized carbons (Fsp3) is 0.111. The molecule has 3 heterocycles. The summed E-state index contributed by atoms with van der Waals surface area (Å²) in [6, 6.07) is 3.56. The molecule has 3 aromatic heterocycles. The van der Waals surface area contributed by atoms with Crippen molar-refractivity contribution in [2.45, 2.75) is 6.92 Å². The second kappa shape index (κ2) is 2.63. The number of hydrogen-bond acceptors (Lipinski definition) is 4. The van der Waals surface area contributed by atoms with E-state index in [0.717, 1.165) is 0 Å². The Morgan fingerprint density at radius 2 is 2.20 bits per heavy atom. The molecule has 0 aliphatic heterocycles. The number of aryl methyl sites for hydroxylation is 1. The lowest BCUT2D eigenvalue weighted by atomic mass is 10.4. The first-order valence-corrected chi connectivity index (χ1v) is 4.46. The SMILES string of the molecule is Cc1nnc2c(=O)[nH]c3cccnc3n12. The molecule has 0 saturated heterocycles. The highest BCUT2D eigenvalue weighted by molar-refractivity contribution is 5.72. The van der Waals surface area contributed by atoms with Gasteiger partial charge in [0, 0.05) is 6.20 Å². The van der Waals surface area contributed by atoms with Crippen molar-refractivity contribution < 1.29 is 0 Å². The molecular formula is C9H7N5O. The van der Waals surface area contributed by atoms with Gasteiger partial charge in [-0.15, -0.1) is 10.2 Å². The summed E-state index contributed by atoms with van der Waals surface area (Å²) in [5.74, 6) is 0.653. The lowest BCUT2D eigenvalue weighted by Crippen LogP contribution is -2.11. The summed E-state index contributed by atoms with van der Waals surface area (Å²) >= 11 is 0. The van der Waals surface area contributed by atoms with Gasteiger partial charge in [-0.25, -0.2) is 4.98 Å². The topological polar surface area (TPSA) is 75.9 Å². The zero-order chi connectivity index (χ0) is 10.4. The molecule has 6 nitrogen and oxygen atoms in total. The van der Waals surface area contributed by atoms with E-state index in [-0.39, 0.29) is 11.2 Å². The zero-order valence-corrected chi connectivity index (χ0v) is 7.93. The van der Waals surface area contributed by atoms with Crippen LogP contribution in [0.25, 0.3) is 16.8 Å². The minimum absolute atomic E-state index is 0.254. The Hall–Kier alpha value is -2.24. The van der Waals surface area contributed by atoms with Gasteiger partial charge in [0.1, 0.15) is 5.82 Å². The average molecular weight is 201 g/mol. The molecule has 6 heteroatoms. The molecule has 74 valence electrons. The van der Waals surface area contributed by atoms with Gasteiger partial charge < -0.3 is 4.98 Å². The van der Waals surface area contributed by atoms with Gasteiger partial charge in [0.2, 0.25) is 5.65 Å². The van der Waals surface area contributed by atoms with E-state index in [9.17, 15) is 4.79 Å². The van der Waals surface area contributed by atoms with Crippen LogP contribution >= 0.6 is 0 Å². The highest BCUT2D eigenvalue weighted by Crippen LogP contribution is 2.08. The number of pyridine rings is 1. The third-order valence-electron chi connectivity index (χ3n) is 2.27. The Morgan fingerprint density at radius 3 is 3.07 bits per heavy atom. The normalized spacial score (nSPS) is 11.3. The van der Waals surface area contributed by atoms with Gasteiger partial charge in [0.05, 0.1) is 5.52 Å². The average Bonchev–Trinajstić information content (AvgIpc) is 2.62. The number of rotatable bonds is 0. The summed E-state index contributed by atoms with van der Waals surface area (Å²) in [6.45, 7) is 1.79. The lowest BCUT2D eigenvalue weighted by Gasteiger charge is -1.99. The Labute approximate surface area is 83.6 Å². The van der Waals surface area contributed by atoms with Gasteiger partial charge >= 0.3 is 0 Å². The third-order valence-corrected chi connectivity index (χ3v) is 2.27. The van der Waals surface area contributed by atoms with E-state index in [2.05, 4.69) is 20.2 Å². The molecule has 0 unspecified atom stereocenters. The van der Waals surface area contributed by atoms with Gasteiger partial charge in [0.25, 0.3) is 5.56 Å². The van der Waals surface area contributed by atoms with Crippen LogP contribution in [0.1, 0.15) is 5.82 Å². The van der Waals surface area contributed by atoms with E-state index < -0.39 is 0 Å². The van der Waals surface area contributed by atoms with Crippen molar-refractivity contribution in [1.29, 1.82) is 0 Å².